The Bertz CT molecular complexity index is 180. The van der Waals surface area contributed by atoms with Crippen LogP contribution in [0.1, 0.15) is 33.6 Å². The molecule has 0 bridgehead atoms. The number of rotatable bonds is 0. The van der Waals surface area contributed by atoms with Gasteiger partial charge in [0.2, 0.25) is 0 Å². The van der Waals surface area contributed by atoms with Crippen molar-refractivity contribution in [3.05, 3.63) is 0 Å². The van der Waals surface area contributed by atoms with Crippen LogP contribution in [0.2, 0.25) is 0 Å². The lowest BCUT2D eigenvalue weighted by Gasteiger charge is -2.41. The SMILES string of the molecule is CN1C[C@H]2CC(C(C)(C)C)C[C@H]21. The molecule has 0 radical (unpaired) electrons. The van der Waals surface area contributed by atoms with Gasteiger partial charge in [-0.15, -0.1) is 0 Å². The van der Waals surface area contributed by atoms with Gasteiger partial charge in [0.25, 0.3) is 0 Å². The minimum absolute atomic E-state index is 0.540. The van der Waals surface area contributed by atoms with E-state index in [1.807, 2.05) is 0 Å². The summed E-state index contributed by atoms with van der Waals surface area (Å²) in [4.78, 5) is 2.52. The highest BCUT2D eigenvalue weighted by atomic mass is 15.2. The van der Waals surface area contributed by atoms with Gasteiger partial charge >= 0.3 is 0 Å². The van der Waals surface area contributed by atoms with E-state index in [9.17, 15) is 0 Å². The largest absolute Gasteiger partial charge is 0.303 e. The van der Waals surface area contributed by atoms with Gasteiger partial charge in [0.15, 0.2) is 0 Å². The number of hydrogen-bond acceptors (Lipinski definition) is 1. The second kappa shape index (κ2) is 2.47. The number of hydrogen-bond donors (Lipinski definition) is 0. The second-order valence-corrected chi connectivity index (χ2v) is 5.80. The zero-order chi connectivity index (χ0) is 8.93. The lowest BCUT2D eigenvalue weighted by Crippen LogP contribution is -2.50. The van der Waals surface area contributed by atoms with Gasteiger partial charge in [-0.3, -0.25) is 0 Å². The Kier molecular flexibility index (Phi) is 1.76. The quantitative estimate of drug-likeness (QED) is 0.535. The highest BCUT2D eigenvalue weighted by molar-refractivity contribution is 5.00. The molecule has 1 aliphatic carbocycles. The number of nitrogens with zero attached hydrogens (tertiary/aromatic N) is 1. The standard InChI is InChI=1S/C11H21N/c1-11(2,3)9-5-8-7-12(4)10(8)6-9/h8-10H,5-7H2,1-4H3/t8-,9?,10-/m1/s1. The van der Waals surface area contributed by atoms with Crippen molar-refractivity contribution >= 4 is 0 Å². The van der Waals surface area contributed by atoms with E-state index < -0.39 is 0 Å². The Morgan fingerprint density at radius 2 is 1.83 bits per heavy atom. The van der Waals surface area contributed by atoms with E-state index >= 15 is 0 Å². The van der Waals surface area contributed by atoms with Crippen molar-refractivity contribution in [2.75, 3.05) is 13.6 Å². The number of fused-ring (bicyclic) bond motifs is 1. The van der Waals surface area contributed by atoms with Gasteiger partial charge in [-0.2, -0.15) is 0 Å². The van der Waals surface area contributed by atoms with Gasteiger partial charge < -0.3 is 4.90 Å². The first kappa shape index (κ1) is 8.55. The van der Waals surface area contributed by atoms with Crippen LogP contribution in [-0.2, 0) is 0 Å². The Balaban J connectivity index is 1.99. The van der Waals surface area contributed by atoms with E-state index in [4.69, 9.17) is 0 Å². The summed E-state index contributed by atoms with van der Waals surface area (Å²) in [6.07, 6.45) is 2.93. The van der Waals surface area contributed by atoms with Crippen LogP contribution in [0.4, 0.5) is 0 Å². The van der Waals surface area contributed by atoms with Crippen LogP contribution in [0.5, 0.6) is 0 Å². The van der Waals surface area contributed by atoms with Gasteiger partial charge in [-0.05, 0) is 37.1 Å². The molecule has 70 valence electrons. The van der Waals surface area contributed by atoms with Crippen LogP contribution in [0.3, 0.4) is 0 Å². The Hall–Kier alpha value is -0.0400. The predicted octanol–water partition coefficient (Wildman–Crippen LogP) is 2.37. The molecule has 1 saturated heterocycles. The van der Waals surface area contributed by atoms with E-state index in [1.54, 1.807) is 0 Å². The molecule has 3 atom stereocenters. The van der Waals surface area contributed by atoms with Gasteiger partial charge in [0, 0.05) is 12.6 Å². The molecule has 1 aliphatic heterocycles. The molecule has 1 unspecified atom stereocenters. The molecular weight excluding hydrogens is 146 g/mol. The maximum Gasteiger partial charge on any atom is 0.0136 e. The molecule has 0 aromatic carbocycles. The zero-order valence-corrected chi connectivity index (χ0v) is 8.80. The normalized spacial score (nSPS) is 42.5. The molecule has 0 aromatic rings. The summed E-state index contributed by atoms with van der Waals surface area (Å²) in [6.45, 7) is 8.53. The molecule has 0 aromatic heterocycles. The van der Waals surface area contributed by atoms with E-state index in [-0.39, 0.29) is 0 Å². The van der Waals surface area contributed by atoms with Crippen LogP contribution in [0.15, 0.2) is 0 Å². The average Bonchev–Trinajstić information content (AvgIpc) is 2.24. The fourth-order valence-electron chi connectivity index (χ4n) is 2.91. The highest BCUT2D eigenvalue weighted by Crippen LogP contribution is 2.48. The summed E-state index contributed by atoms with van der Waals surface area (Å²) < 4.78 is 0. The van der Waals surface area contributed by atoms with E-state index in [2.05, 4.69) is 32.7 Å². The first-order valence-electron chi connectivity index (χ1n) is 5.18. The van der Waals surface area contributed by atoms with Gasteiger partial charge in [0.1, 0.15) is 0 Å². The van der Waals surface area contributed by atoms with Gasteiger partial charge in [-0.25, -0.2) is 0 Å². The topological polar surface area (TPSA) is 3.24 Å². The third-order valence-corrected chi connectivity index (χ3v) is 3.97. The molecule has 1 heterocycles. The van der Waals surface area contributed by atoms with E-state index in [1.165, 1.54) is 19.4 Å². The predicted molar refractivity (Wildman–Crippen MR) is 52.1 cm³/mol. The molecule has 2 rings (SSSR count). The minimum atomic E-state index is 0.540. The third-order valence-electron chi connectivity index (χ3n) is 3.97. The first-order chi connectivity index (χ1) is 5.48. The summed E-state index contributed by atoms with van der Waals surface area (Å²) >= 11 is 0. The maximum absolute atomic E-state index is 2.52. The van der Waals surface area contributed by atoms with Crippen LogP contribution >= 0.6 is 0 Å². The van der Waals surface area contributed by atoms with E-state index in [0.717, 1.165) is 17.9 Å². The summed E-state index contributed by atoms with van der Waals surface area (Å²) in [5, 5.41) is 0. The fourth-order valence-corrected chi connectivity index (χ4v) is 2.91. The molecule has 1 nitrogen and oxygen atoms in total. The number of likely N-dealkylation sites (tertiary alicyclic amines) is 1. The molecule has 12 heavy (non-hydrogen) atoms. The van der Waals surface area contributed by atoms with Crippen LogP contribution in [-0.4, -0.2) is 24.5 Å². The Labute approximate surface area is 76.1 Å². The molecule has 1 heteroatoms. The monoisotopic (exact) mass is 167 g/mol. The maximum atomic E-state index is 2.52. The van der Waals surface area contributed by atoms with Crippen molar-refractivity contribution in [1.29, 1.82) is 0 Å². The summed E-state index contributed by atoms with van der Waals surface area (Å²) in [5.74, 6) is 2.01. The molecule has 2 aliphatic rings. The smallest absolute Gasteiger partial charge is 0.0136 e. The third kappa shape index (κ3) is 1.19. The first-order valence-corrected chi connectivity index (χ1v) is 5.18. The van der Waals surface area contributed by atoms with Crippen molar-refractivity contribution in [2.45, 2.75) is 39.7 Å². The van der Waals surface area contributed by atoms with Gasteiger partial charge in [0.05, 0.1) is 0 Å². The Morgan fingerprint density at radius 3 is 2.25 bits per heavy atom. The Morgan fingerprint density at radius 1 is 1.17 bits per heavy atom. The summed E-state index contributed by atoms with van der Waals surface area (Å²) in [5.41, 5.74) is 0.540. The molecular formula is C11H21N. The van der Waals surface area contributed by atoms with Gasteiger partial charge in [-0.1, -0.05) is 20.8 Å². The van der Waals surface area contributed by atoms with Crippen molar-refractivity contribution < 1.29 is 0 Å². The molecule has 1 saturated carbocycles. The van der Waals surface area contributed by atoms with Crippen molar-refractivity contribution in [3.8, 4) is 0 Å². The highest BCUT2D eigenvalue weighted by Gasteiger charge is 2.47. The van der Waals surface area contributed by atoms with E-state index in [0.29, 0.717) is 5.41 Å². The second-order valence-electron chi connectivity index (χ2n) is 5.80. The molecule has 0 spiro atoms. The van der Waals surface area contributed by atoms with Crippen molar-refractivity contribution in [3.63, 3.8) is 0 Å². The zero-order valence-electron chi connectivity index (χ0n) is 8.80. The fraction of sp³-hybridized carbons (Fsp3) is 1.00. The minimum Gasteiger partial charge on any atom is -0.303 e. The van der Waals surface area contributed by atoms with Crippen molar-refractivity contribution in [2.24, 2.45) is 17.3 Å². The summed E-state index contributed by atoms with van der Waals surface area (Å²) in [7, 11) is 2.27. The molecule has 2 fully saturated rings. The van der Waals surface area contributed by atoms with Crippen molar-refractivity contribution in [1.82, 2.24) is 4.90 Å². The van der Waals surface area contributed by atoms with Crippen LogP contribution in [0, 0.1) is 17.3 Å². The van der Waals surface area contributed by atoms with Crippen LogP contribution in [0.25, 0.3) is 0 Å². The molecule has 0 N–H and O–H groups in total. The van der Waals surface area contributed by atoms with Crippen LogP contribution < -0.4 is 0 Å². The summed E-state index contributed by atoms with van der Waals surface area (Å²) in [6, 6.07) is 0.939. The average molecular weight is 167 g/mol. The lowest BCUT2D eigenvalue weighted by atomic mass is 9.79. The molecule has 0 amide bonds. The lowest BCUT2D eigenvalue weighted by molar-refractivity contribution is 0.0678.